The molecule has 5 rings (SSSR count). The summed E-state index contributed by atoms with van der Waals surface area (Å²) in [6.07, 6.45) is 22.0. The number of aliphatic imine (C=N–C) groups is 1. The molecule has 0 aliphatic heterocycles. The zero-order chi connectivity index (χ0) is 51.3. The Morgan fingerprint density at radius 3 is 1.72 bits per heavy atom. The summed E-state index contributed by atoms with van der Waals surface area (Å²) in [6.45, 7) is 53.9. The quantitative estimate of drug-likeness (QED) is 0.173. The van der Waals surface area contributed by atoms with Crippen LogP contribution in [0.5, 0.6) is 11.5 Å². The Morgan fingerprint density at radius 1 is 0.701 bits per heavy atom. The lowest BCUT2D eigenvalue weighted by atomic mass is 9.44. The molecule has 2 aromatic carbocycles. The summed E-state index contributed by atoms with van der Waals surface area (Å²) in [7, 11) is 0. The van der Waals surface area contributed by atoms with Gasteiger partial charge in [-0.15, -0.1) is 0 Å². The number of allylic oxidation sites excluding steroid dienone is 6. The third kappa shape index (κ3) is 12.0. The highest BCUT2D eigenvalue weighted by atomic mass is 16.3. The van der Waals surface area contributed by atoms with Crippen molar-refractivity contribution in [2.24, 2.45) is 49.8 Å². The monoisotopic (exact) mass is 917 g/mol. The fraction of sp³-hybridized carbons (Fsp3) is 0.683. The Balaban J connectivity index is 0.000000484. The normalized spacial score (nSPS) is 25.4. The van der Waals surface area contributed by atoms with E-state index < -0.39 is 0 Å². The van der Waals surface area contributed by atoms with Crippen LogP contribution in [0.4, 0.5) is 0 Å². The van der Waals surface area contributed by atoms with E-state index in [1.165, 1.54) is 31.0 Å². The number of nitrogens with zero attached hydrogens (tertiary/aromatic N) is 1. The zero-order valence-corrected chi connectivity index (χ0v) is 47.4. The number of hydrogen-bond donors (Lipinski definition) is 3. The van der Waals surface area contributed by atoms with Gasteiger partial charge < -0.3 is 15.6 Å². The second-order valence-electron chi connectivity index (χ2n) is 28.2. The van der Waals surface area contributed by atoms with Gasteiger partial charge in [0.05, 0.1) is 0 Å². The molecule has 0 bridgehead atoms. The number of hydrogen-bond acceptors (Lipinski definition) is 4. The van der Waals surface area contributed by atoms with E-state index in [4.69, 9.17) is 10.4 Å². The van der Waals surface area contributed by atoms with Crippen LogP contribution in [0.1, 0.15) is 238 Å². The topological polar surface area (TPSA) is 76.7 Å². The molecule has 4 nitrogen and oxygen atoms in total. The molecule has 3 N–H and O–H groups in total. The van der Waals surface area contributed by atoms with E-state index in [2.05, 4.69) is 202 Å². The van der Waals surface area contributed by atoms with E-state index in [1.54, 1.807) is 11.1 Å². The Hall–Kier alpha value is -3.40. The second-order valence-corrected chi connectivity index (χ2v) is 28.2. The van der Waals surface area contributed by atoms with Crippen LogP contribution >= 0.6 is 0 Å². The predicted octanol–water partition coefficient (Wildman–Crippen LogP) is 17.9. The second kappa shape index (κ2) is 19.4. The third-order valence-electron chi connectivity index (χ3n) is 17.0. The molecular weight excluding hydrogens is 817 g/mol. The van der Waals surface area contributed by atoms with Gasteiger partial charge in [-0.3, -0.25) is 4.99 Å². The molecule has 0 aromatic heterocycles. The molecule has 2 aromatic rings. The molecular formula is C63H100N2O2. The molecule has 0 saturated heterocycles. The Kier molecular flexibility index (Phi) is 16.3. The van der Waals surface area contributed by atoms with Gasteiger partial charge in [0.1, 0.15) is 11.5 Å². The molecule has 67 heavy (non-hydrogen) atoms. The van der Waals surface area contributed by atoms with Gasteiger partial charge in [0.25, 0.3) is 0 Å². The minimum Gasteiger partial charge on any atom is -0.507 e. The smallest absolute Gasteiger partial charge is 0.128 e. The largest absolute Gasteiger partial charge is 0.507 e. The van der Waals surface area contributed by atoms with E-state index in [1.807, 2.05) is 12.3 Å². The highest BCUT2D eigenvalue weighted by Gasteiger charge is 2.57. The van der Waals surface area contributed by atoms with Crippen molar-refractivity contribution >= 4 is 12.4 Å². The van der Waals surface area contributed by atoms with Crippen LogP contribution in [-0.2, 0) is 21.7 Å². The number of aromatic hydroxyl groups is 2. The van der Waals surface area contributed by atoms with E-state index >= 15 is 0 Å². The maximum Gasteiger partial charge on any atom is 0.128 e. The molecule has 1 saturated carbocycles. The van der Waals surface area contributed by atoms with Gasteiger partial charge in [-0.2, -0.15) is 0 Å². The van der Waals surface area contributed by atoms with Gasteiger partial charge in [0, 0.05) is 57.0 Å². The Morgan fingerprint density at radius 2 is 1.24 bits per heavy atom. The first-order valence-corrected chi connectivity index (χ1v) is 26.2. The van der Waals surface area contributed by atoms with Crippen molar-refractivity contribution in [1.82, 2.24) is 0 Å². The fourth-order valence-corrected chi connectivity index (χ4v) is 11.9. The molecule has 6 atom stereocenters. The highest BCUT2D eigenvalue weighted by molar-refractivity contribution is 5.85. The highest BCUT2D eigenvalue weighted by Crippen LogP contribution is 2.66. The standard InChI is InChI=1S/C48H77NO.C15H23NO/c1-18-45(13,14)38(30-42(4,5)6)48(17)25-24-32(2)39-41(48)46(15,33(3)43(7,8)9)26-27-47(39,16)35-28-34(31-49-36-22-20-19-21-23-36)40(50)37(29-35)44(10,11)12;1-14(2,3)11-7-10(9-16)13(17)12(8-11)15(4,5)6/h24-29,31-33,36,38,50H,18-23,30H2,1-17H3;7-9,16-17H,1-6H3. The molecule has 1 fully saturated rings. The number of phenols is 2. The fourth-order valence-electron chi connectivity index (χ4n) is 11.9. The number of benzene rings is 2. The molecule has 0 amide bonds. The summed E-state index contributed by atoms with van der Waals surface area (Å²) in [5, 5.41) is 29.4. The van der Waals surface area contributed by atoms with Gasteiger partial charge >= 0.3 is 0 Å². The van der Waals surface area contributed by atoms with Crippen molar-refractivity contribution in [2.75, 3.05) is 0 Å². The Labute approximate surface area is 412 Å². The summed E-state index contributed by atoms with van der Waals surface area (Å²) >= 11 is 0. The van der Waals surface area contributed by atoms with Crippen molar-refractivity contribution < 1.29 is 10.2 Å². The molecule has 374 valence electrons. The maximum absolute atomic E-state index is 11.8. The van der Waals surface area contributed by atoms with Crippen LogP contribution < -0.4 is 0 Å². The van der Waals surface area contributed by atoms with Gasteiger partial charge in [0.2, 0.25) is 0 Å². The van der Waals surface area contributed by atoms with Crippen LogP contribution in [0.15, 0.2) is 64.7 Å². The Bertz CT molecular complexity index is 2210. The number of rotatable bonds is 9. The first-order chi connectivity index (χ1) is 30.3. The predicted molar refractivity (Wildman–Crippen MR) is 293 cm³/mol. The minimum absolute atomic E-state index is 0.0193. The van der Waals surface area contributed by atoms with Crippen molar-refractivity contribution in [3.63, 3.8) is 0 Å². The van der Waals surface area contributed by atoms with Crippen molar-refractivity contribution in [3.8, 4) is 11.5 Å². The molecule has 0 radical (unpaired) electrons. The van der Waals surface area contributed by atoms with Gasteiger partial charge in [-0.05, 0) is 111 Å². The summed E-state index contributed by atoms with van der Waals surface area (Å²) < 4.78 is 0. The minimum atomic E-state index is -0.346. The third-order valence-corrected chi connectivity index (χ3v) is 17.0. The van der Waals surface area contributed by atoms with Crippen LogP contribution in [0.2, 0.25) is 0 Å². The lowest BCUT2D eigenvalue weighted by molar-refractivity contribution is 0.0415. The van der Waals surface area contributed by atoms with Crippen molar-refractivity contribution in [2.45, 2.75) is 232 Å². The molecule has 6 unspecified atom stereocenters. The van der Waals surface area contributed by atoms with Crippen molar-refractivity contribution in [3.05, 3.63) is 93.1 Å². The van der Waals surface area contributed by atoms with Gasteiger partial charge in [0.15, 0.2) is 0 Å². The van der Waals surface area contributed by atoms with Crippen LogP contribution in [0, 0.1) is 50.2 Å². The van der Waals surface area contributed by atoms with E-state index in [-0.39, 0.29) is 60.4 Å². The zero-order valence-electron chi connectivity index (χ0n) is 47.4. The summed E-state index contributed by atoms with van der Waals surface area (Å²) in [4.78, 5) is 5.11. The average molecular weight is 918 g/mol. The van der Waals surface area contributed by atoms with Crippen molar-refractivity contribution in [1.29, 1.82) is 5.41 Å². The van der Waals surface area contributed by atoms with Gasteiger partial charge in [-0.25, -0.2) is 0 Å². The van der Waals surface area contributed by atoms with E-state index in [0.717, 1.165) is 47.9 Å². The number of phenolic OH excluding ortho intramolecular Hbond substituents is 2. The summed E-state index contributed by atoms with van der Waals surface area (Å²) in [5.41, 5.74) is 8.55. The summed E-state index contributed by atoms with van der Waals surface area (Å²) in [6, 6.07) is 8.94. The lowest BCUT2D eigenvalue weighted by Gasteiger charge is -2.60. The first kappa shape index (κ1) is 56.2. The van der Waals surface area contributed by atoms with Crippen LogP contribution in [0.25, 0.3) is 0 Å². The van der Waals surface area contributed by atoms with Gasteiger partial charge in [-0.1, -0.05) is 214 Å². The van der Waals surface area contributed by atoms with Crippen LogP contribution in [-0.4, -0.2) is 28.7 Å². The average Bonchev–Trinajstić information content (AvgIpc) is 3.20. The SMILES string of the molecule is CC(C)(C)c1cc(C=N)c(O)c(C(C)(C)C)c1.CCC(C)(C)C(CC(C)(C)C)C1(C)C=CC(C)C2=C1C(C)(C(C)C(C)(C)C)C=CC2(C)c1cc(C=NC2CCCCC2)c(O)c(C(C)(C)C)c1. The molecule has 3 aliphatic carbocycles. The van der Waals surface area contributed by atoms with E-state index in [9.17, 15) is 10.2 Å². The van der Waals surface area contributed by atoms with E-state index in [0.29, 0.717) is 29.2 Å². The summed E-state index contributed by atoms with van der Waals surface area (Å²) in [5.74, 6) is 1.79. The maximum atomic E-state index is 11.8. The molecule has 3 aliphatic rings. The lowest BCUT2D eigenvalue weighted by Crippen LogP contribution is -2.51. The molecule has 0 heterocycles. The first-order valence-electron chi connectivity index (χ1n) is 26.2. The number of nitrogens with one attached hydrogen (secondary N) is 1. The molecule has 0 spiro atoms. The molecule has 4 heteroatoms. The van der Waals surface area contributed by atoms with Crippen LogP contribution in [0.3, 0.4) is 0 Å².